The van der Waals surface area contributed by atoms with E-state index < -0.39 is 15.9 Å². The molecule has 3 aromatic rings. The second kappa shape index (κ2) is 6.66. The molecule has 7 nitrogen and oxygen atoms in total. The smallest absolute Gasteiger partial charge is 0.244 e. The molecule has 0 spiro atoms. The largest absolute Gasteiger partial charge is 0.350 e. The molecule has 0 fully saturated rings. The molecule has 25 heavy (non-hydrogen) atoms. The zero-order valence-corrected chi connectivity index (χ0v) is 14.7. The Kier molecular flexibility index (Phi) is 4.56. The van der Waals surface area contributed by atoms with E-state index in [0.29, 0.717) is 5.69 Å². The van der Waals surface area contributed by atoms with E-state index in [0.717, 1.165) is 15.2 Å². The molecule has 1 amide bonds. The maximum absolute atomic E-state index is 12.4. The lowest BCUT2D eigenvalue weighted by atomic mass is 10.2. The fourth-order valence-electron chi connectivity index (χ4n) is 2.57. The number of carbonyl (C=O) groups excluding carboxylic acids is 1. The van der Waals surface area contributed by atoms with Gasteiger partial charge < -0.3 is 9.88 Å². The van der Waals surface area contributed by atoms with Crippen molar-refractivity contribution in [1.82, 2.24) is 13.9 Å². The Morgan fingerprint density at radius 3 is 2.76 bits per heavy atom. The SMILES string of the molecule is CN(CC(=O)Nc1cccc2c1ccn2C)S(=O)(=O)c1cccnc1. The van der Waals surface area contributed by atoms with Gasteiger partial charge in [0.1, 0.15) is 4.90 Å². The summed E-state index contributed by atoms with van der Waals surface area (Å²) in [4.78, 5) is 16.2. The van der Waals surface area contributed by atoms with Gasteiger partial charge in [0.2, 0.25) is 15.9 Å². The van der Waals surface area contributed by atoms with Crippen LogP contribution in [0, 0.1) is 0 Å². The Hall–Kier alpha value is -2.71. The minimum Gasteiger partial charge on any atom is -0.350 e. The fraction of sp³-hybridized carbons (Fsp3) is 0.176. The number of aromatic nitrogens is 2. The van der Waals surface area contributed by atoms with Crippen molar-refractivity contribution in [3.63, 3.8) is 0 Å². The molecule has 0 bridgehead atoms. The predicted molar refractivity (Wildman–Crippen MR) is 95.6 cm³/mol. The monoisotopic (exact) mass is 358 g/mol. The average Bonchev–Trinajstić information content (AvgIpc) is 2.98. The second-order valence-electron chi connectivity index (χ2n) is 5.66. The summed E-state index contributed by atoms with van der Waals surface area (Å²) in [6.45, 7) is -0.291. The normalized spacial score (nSPS) is 11.8. The third-order valence-corrected chi connectivity index (χ3v) is 5.70. The maximum atomic E-state index is 12.4. The van der Waals surface area contributed by atoms with Crippen molar-refractivity contribution in [3.8, 4) is 0 Å². The third kappa shape index (κ3) is 3.40. The van der Waals surface area contributed by atoms with Crippen LogP contribution in [-0.2, 0) is 21.9 Å². The van der Waals surface area contributed by atoms with Crippen LogP contribution in [0.25, 0.3) is 10.9 Å². The minimum absolute atomic E-state index is 0.0514. The Balaban J connectivity index is 1.76. The van der Waals surface area contributed by atoms with E-state index in [1.165, 1.54) is 31.6 Å². The lowest BCUT2D eigenvalue weighted by Gasteiger charge is -2.17. The molecule has 1 aromatic carbocycles. The number of likely N-dealkylation sites (N-methyl/N-ethyl adjacent to an activating group) is 1. The number of rotatable bonds is 5. The number of fused-ring (bicyclic) bond motifs is 1. The zero-order valence-electron chi connectivity index (χ0n) is 13.9. The molecule has 0 saturated carbocycles. The Morgan fingerprint density at radius 1 is 1.24 bits per heavy atom. The van der Waals surface area contributed by atoms with Gasteiger partial charge in [-0.25, -0.2) is 8.42 Å². The van der Waals surface area contributed by atoms with E-state index in [9.17, 15) is 13.2 Å². The van der Waals surface area contributed by atoms with Crippen molar-refractivity contribution in [2.24, 2.45) is 7.05 Å². The van der Waals surface area contributed by atoms with Gasteiger partial charge in [-0.05, 0) is 30.3 Å². The third-order valence-electron chi connectivity index (χ3n) is 3.91. The number of nitrogens with zero attached hydrogens (tertiary/aromatic N) is 3. The van der Waals surface area contributed by atoms with Crippen LogP contribution in [0.4, 0.5) is 5.69 Å². The maximum Gasteiger partial charge on any atom is 0.244 e. The Morgan fingerprint density at radius 2 is 2.04 bits per heavy atom. The molecule has 2 heterocycles. The summed E-state index contributed by atoms with van der Waals surface area (Å²) in [5.41, 5.74) is 1.63. The number of aryl methyl sites for hydroxylation is 1. The van der Waals surface area contributed by atoms with Crippen LogP contribution in [0.2, 0.25) is 0 Å². The standard InChI is InChI=1S/C17H18N4O3S/c1-20-10-8-14-15(6-3-7-16(14)20)19-17(22)12-21(2)25(23,24)13-5-4-9-18-11-13/h3-11H,12H2,1-2H3,(H,19,22). The second-order valence-corrected chi connectivity index (χ2v) is 7.71. The van der Waals surface area contributed by atoms with Crippen LogP contribution in [0.5, 0.6) is 0 Å². The number of nitrogens with one attached hydrogen (secondary N) is 1. The predicted octanol–water partition coefficient (Wildman–Crippen LogP) is 1.83. The number of carbonyl (C=O) groups is 1. The molecule has 130 valence electrons. The van der Waals surface area contributed by atoms with Gasteiger partial charge in [0.15, 0.2) is 0 Å². The lowest BCUT2D eigenvalue weighted by Crippen LogP contribution is -2.35. The molecule has 0 saturated heterocycles. The van der Waals surface area contributed by atoms with Crippen molar-refractivity contribution in [1.29, 1.82) is 0 Å². The van der Waals surface area contributed by atoms with Crippen molar-refractivity contribution >= 4 is 32.5 Å². The van der Waals surface area contributed by atoms with Crippen LogP contribution >= 0.6 is 0 Å². The molecular formula is C17H18N4O3S. The fourth-order valence-corrected chi connectivity index (χ4v) is 3.66. The number of amides is 1. The van der Waals surface area contributed by atoms with Crippen LogP contribution in [0.3, 0.4) is 0 Å². The average molecular weight is 358 g/mol. The number of sulfonamides is 1. The van der Waals surface area contributed by atoms with E-state index >= 15 is 0 Å². The molecule has 0 unspecified atom stereocenters. The van der Waals surface area contributed by atoms with Gasteiger partial charge in [0, 0.05) is 43.6 Å². The number of anilines is 1. The van der Waals surface area contributed by atoms with Gasteiger partial charge in [-0.1, -0.05) is 6.07 Å². The molecule has 1 N–H and O–H groups in total. The molecular weight excluding hydrogens is 340 g/mol. The van der Waals surface area contributed by atoms with Gasteiger partial charge in [-0.2, -0.15) is 4.31 Å². The Labute approximate surface area is 146 Å². The highest BCUT2D eigenvalue weighted by molar-refractivity contribution is 7.89. The zero-order chi connectivity index (χ0) is 18.0. The molecule has 0 aliphatic rings. The summed E-state index contributed by atoms with van der Waals surface area (Å²) >= 11 is 0. The van der Waals surface area contributed by atoms with E-state index in [4.69, 9.17) is 0 Å². The summed E-state index contributed by atoms with van der Waals surface area (Å²) in [6.07, 6.45) is 4.65. The van der Waals surface area contributed by atoms with Crippen LogP contribution < -0.4 is 5.32 Å². The molecule has 2 aromatic heterocycles. The first kappa shape index (κ1) is 17.1. The van der Waals surface area contributed by atoms with Crippen LogP contribution in [-0.4, -0.2) is 41.8 Å². The van der Waals surface area contributed by atoms with Crippen molar-refractivity contribution in [2.75, 3.05) is 18.9 Å². The summed E-state index contributed by atoms with van der Waals surface area (Å²) in [6, 6.07) is 10.5. The highest BCUT2D eigenvalue weighted by Crippen LogP contribution is 2.24. The van der Waals surface area contributed by atoms with Crippen molar-refractivity contribution in [3.05, 3.63) is 55.0 Å². The summed E-state index contributed by atoms with van der Waals surface area (Å²) in [5.74, 6) is -0.411. The number of hydrogen-bond acceptors (Lipinski definition) is 4. The van der Waals surface area contributed by atoms with Gasteiger partial charge in [0.05, 0.1) is 12.2 Å². The quantitative estimate of drug-likeness (QED) is 0.754. The molecule has 8 heteroatoms. The number of hydrogen-bond donors (Lipinski definition) is 1. The first-order valence-electron chi connectivity index (χ1n) is 7.60. The molecule has 0 aliphatic heterocycles. The first-order chi connectivity index (χ1) is 11.9. The lowest BCUT2D eigenvalue weighted by molar-refractivity contribution is -0.116. The first-order valence-corrected chi connectivity index (χ1v) is 9.04. The molecule has 0 atom stereocenters. The van der Waals surface area contributed by atoms with Gasteiger partial charge >= 0.3 is 0 Å². The molecule has 0 aliphatic carbocycles. The van der Waals surface area contributed by atoms with E-state index in [1.807, 2.05) is 36.0 Å². The van der Waals surface area contributed by atoms with Crippen molar-refractivity contribution in [2.45, 2.75) is 4.90 Å². The topological polar surface area (TPSA) is 84.3 Å². The van der Waals surface area contributed by atoms with Gasteiger partial charge in [-0.3, -0.25) is 9.78 Å². The number of benzene rings is 1. The van der Waals surface area contributed by atoms with Gasteiger partial charge in [-0.15, -0.1) is 0 Å². The number of pyridine rings is 1. The Bertz CT molecular complexity index is 1010. The molecule has 0 radical (unpaired) electrons. The summed E-state index contributed by atoms with van der Waals surface area (Å²) in [7, 11) is -0.474. The summed E-state index contributed by atoms with van der Waals surface area (Å²) in [5, 5.41) is 3.68. The minimum atomic E-state index is -3.76. The highest BCUT2D eigenvalue weighted by Gasteiger charge is 2.23. The molecule has 3 rings (SSSR count). The van der Waals surface area contributed by atoms with E-state index in [2.05, 4.69) is 10.3 Å². The van der Waals surface area contributed by atoms with Crippen LogP contribution in [0.1, 0.15) is 0 Å². The van der Waals surface area contributed by atoms with Crippen LogP contribution in [0.15, 0.2) is 59.9 Å². The van der Waals surface area contributed by atoms with Crippen molar-refractivity contribution < 1.29 is 13.2 Å². The highest BCUT2D eigenvalue weighted by atomic mass is 32.2. The summed E-state index contributed by atoms with van der Waals surface area (Å²) < 4.78 is 27.8. The van der Waals surface area contributed by atoms with E-state index in [-0.39, 0.29) is 11.4 Å². The van der Waals surface area contributed by atoms with E-state index in [1.54, 1.807) is 6.07 Å². The van der Waals surface area contributed by atoms with Gasteiger partial charge in [0.25, 0.3) is 0 Å².